The fraction of sp³-hybridized carbons (Fsp3) is 0.100. The van der Waals surface area contributed by atoms with Crippen molar-refractivity contribution < 1.29 is 9.90 Å². The molecular weight excluding hydrogens is 520 g/mol. The first-order valence-electron chi connectivity index (χ1n) is 12.6. The van der Waals surface area contributed by atoms with E-state index in [4.69, 9.17) is 11.5 Å². The molecule has 4 aromatic heterocycles. The average molecular weight is 547 g/mol. The van der Waals surface area contributed by atoms with Gasteiger partial charge in [0.05, 0.1) is 28.9 Å². The van der Waals surface area contributed by atoms with Gasteiger partial charge in [0.2, 0.25) is 0 Å². The number of amides is 1. The minimum Gasteiger partial charge on any atom is -0.387 e. The largest absolute Gasteiger partial charge is 0.387 e. The van der Waals surface area contributed by atoms with Gasteiger partial charge in [-0.15, -0.1) is 5.10 Å². The summed E-state index contributed by atoms with van der Waals surface area (Å²) in [4.78, 5) is 28.3. The van der Waals surface area contributed by atoms with Gasteiger partial charge in [-0.25, -0.2) is 9.50 Å². The number of pyridine rings is 1. The molecule has 6 aromatic rings. The molecule has 1 amide bonds. The molecule has 1 unspecified atom stereocenters. The van der Waals surface area contributed by atoms with E-state index in [0.29, 0.717) is 28.0 Å². The Hall–Kier alpha value is -5.73. The lowest BCUT2D eigenvalue weighted by atomic mass is 10.0. The van der Waals surface area contributed by atoms with Gasteiger partial charge in [-0.2, -0.15) is 5.10 Å². The Morgan fingerprint density at radius 1 is 1.07 bits per heavy atom. The number of benzene rings is 2. The molecule has 1 atom stereocenters. The van der Waals surface area contributed by atoms with Crippen molar-refractivity contribution >= 4 is 28.1 Å². The predicted molar refractivity (Wildman–Crippen MR) is 155 cm³/mol. The number of aliphatic hydroxyl groups excluding tert-OH is 1. The van der Waals surface area contributed by atoms with Crippen LogP contribution in [0.4, 0.5) is 5.82 Å². The lowest BCUT2D eigenvalue weighted by Gasteiger charge is -2.17. The molecular formula is C30H26N8O3. The number of fused-ring (bicyclic) bond motifs is 2. The van der Waals surface area contributed by atoms with E-state index in [1.54, 1.807) is 40.8 Å². The Balaban J connectivity index is 0.000000216. The van der Waals surface area contributed by atoms with Gasteiger partial charge < -0.3 is 16.6 Å². The third kappa shape index (κ3) is 5.40. The molecule has 11 nitrogen and oxygen atoms in total. The standard InChI is InChI=1S/C23H19N3O2.C7H7N5O/c1-16(27)21-13-19-8-6-7-18(12-11-17-14-24-25(2)15-17)22(19)23(28)26(21)20-9-4-3-5-10-20;8-5-4(6(9)13)7-10-2-1-3-12(7)11-5/h3-10,13-16,27H,1-2H3;1-3H,(H2,8,11)(H2,9,13). The zero-order valence-electron chi connectivity index (χ0n) is 22.3. The lowest BCUT2D eigenvalue weighted by Crippen LogP contribution is -2.24. The number of para-hydroxylation sites is 1. The number of aryl methyl sites for hydroxylation is 1. The molecule has 0 aliphatic carbocycles. The Bertz CT molecular complexity index is 2010. The fourth-order valence-corrected chi connectivity index (χ4v) is 4.40. The van der Waals surface area contributed by atoms with E-state index in [1.807, 2.05) is 67.8 Å². The number of anilines is 1. The molecule has 2 aromatic carbocycles. The van der Waals surface area contributed by atoms with Crippen molar-refractivity contribution in [1.82, 2.24) is 28.9 Å². The second kappa shape index (κ2) is 11.2. The van der Waals surface area contributed by atoms with Crippen molar-refractivity contribution in [1.29, 1.82) is 0 Å². The zero-order valence-corrected chi connectivity index (χ0v) is 22.3. The maximum absolute atomic E-state index is 13.5. The van der Waals surface area contributed by atoms with E-state index in [1.165, 1.54) is 4.52 Å². The van der Waals surface area contributed by atoms with Gasteiger partial charge in [0.15, 0.2) is 11.5 Å². The fourth-order valence-electron chi connectivity index (χ4n) is 4.40. The van der Waals surface area contributed by atoms with Gasteiger partial charge >= 0.3 is 0 Å². The number of nitrogens with zero attached hydrogens (tertiary/aromatic N) is 6. The Morgan fingerprint density at radius 2 is 1.85 bits per heavy atom. The number of carbonyl (C=O) groups is 1. The van der Waals surface area contributed by atoms with Crippen LogP contribution in [0.15, 0.2) is 90.2 Å². The minimum atomic E-state index is -0.789. The summed E-state index contributed by atoms with van der Waals surface area (Å²) in [6, 6.07) is 18.4. The molecule has 4 heterocycles. The van der Waals surface area contributed by atoms with Crippen molar-refractivity contribution in [3.63, 3.8) is 0 Å². The number of aliphatic hydroxyl groups is 1. The Morgan fingerprint density at radius 3 is 2.54 bits per heavy atom. The van der Waals surface area contributed by atoms with E-state index in [0.717, 1.165) is 10.9 Å². The van der Waals surface area contributed by atoms with Gasteiger partial charge in [0.25, 0.3) is 11.5 Å². The van der Waals surface area contributed by atoms with Gasteiger partial charge in [-0.1, -0.05) is 42.2 Å². The van der Waals surface area contributed by atoms with Gasteiger partial charge in [0, 0.05) is 36.9 Å². The molecule has 204 valence electrons. The highest BCUT2D eigenvalue weighted by Gasteiger charge is 2.17. The maximum Gasteiger partial charge on any atom is 0.264 e. The Kier molecular flexibility index (Phi) is 7.32. The number of primary amides is 1. The third-order valence-electron chi connectivity index (χ3n) is 6.23. The molecule has 11 heteroatoms. The highest BCUT2D eigenvalue weighted by atomic mass is 16.3. The molecule has 6 rings (SSSR count). The maximum atomic E-state index is 13.5. The number of nitrogens with two attached hydrogens (primary N) is 2. The number of carbonyl (C=O) groups excluding carboxylic acids is 1. The van der Waals surface area contributed by atoms with Crippen LogP contribution in [0, 0.1) is 11.8 Å². The highest BCUT2D eigenvalue weighted by Crippen LogP contribution is 2.23. The molecule has 0 spiro atoms. The van der Waals surface area contributed by atoms with E-state index in [9.17, 15) is 14.7 Å². The summed E-state index contributed by atoms with van der Waals surface area (Å²) in [6.07, 6.45) is 5.91. The van der Waals surface area contributed by atoms with Crippen LogP contribution < -0.4 is 17.0 Å². The van der Waals surface area contributed by atoms with Crippen LogP contribution in [0.5, 0.6) is 0 Å². The van der Waals surface area contributed by atoms with Crippen molar-refractivity contribution in [2.24, 2.45) is 12.8 Å². The SMILES string of the molecule is CC(O)c1cc2cccc(C#Cc3cnn(C)c3)c2c(=O)n1-c1ccccc1.NC(=O)c1c(N)nn2cccnc12. The molecule has 0 saturated heterocycles. The smallest absolute Gasteiger partial charge is 0.264 e. The van der Waals surface area contributed by atoms with Crippen LogP contribution in [-0.2, 0) is 7.05 Å². The number of aromatic nitrogens is 6. The van der Waals surface area contributed by atoms with Gasteiger partial charge in [-0.3, -0.25) is 18.8 Å². The van der Waals surface area contributed by atoms with Crippen LogP contribution in [0.3, 0.4) is 0 Å². The van der Waals surface area contributed by atoms with Crippen molar-refractivity contribution in [2.75, 3.05) is 5.73 Å². The van der Waals surface area contributed by atoms with Crippen molar-refractivity contribution in [3.05, 3.63) is 118 Å². The number of hydrogen-bond donors (Lipinski definition) is 3. The summed E-state index contributed by atoms with van der Waals surface area (Å²) in [5, 5.41) is 19.5. The number of rotatable bonds is 3. The summed E-state index contributed by atoms with van der Waals surface area (Å²) >= 11 is 0. The van der Waals surface area contributed by atoms with E-state index in [2.05, 4.69) is 27.0 Å². The number of hydrogen-bond acceptors (Lipinski definition) is 7. The van der Waals surface area contributed by atoms with Crippen LogP contribution in [0.25, 0.3) is 22.1 Å². The molecule has 0 bridgehead atoms. The highest BCUT2D eigenvalue weighted by molar-refractivity contribution is 6.03. The molecule has 41 heavy (non-hydrogen) atoms. The van der Waals surface area contributed by atoms with Crippen LogP contribution in [-0.4, -0.2) is 40.0 Å². The van der Waals surface area contributed by atoms with Gasteiger partial charge in [-0.05, 0) is 42.6 Å². The summed E-state index contributed by atoms with van der Waals surface area (Å²) < 4.78 is 4.65. The summed E-state index contributed by atoms with van der Waals surface area (Å²) in [6.45, 7) is 1.66. The molecule has 0 fully saturated rings. The summed E-state index contributed by atoms with van der Waals surface area (Å²) in [5.74, 6) is 5.66. The third-order valence-corrected chi connectivity index (χ3v) is 6.23. The first kappa shape index (κ1) is 26.9. The van der Waals surface area contributed by atoms with Crippen LogP contribution in [0.2, 0.25) is 0 Å². The van der Waals surface area contributed by atoms with Crippen LogP contribution >= 0.6 is 0 Å². The monoisotopic (exact) mass is 546 g/mol. The first-order valence-corrected chi connectivity index (χ1v) is 12.6. The van der Waals surface area contributed by atoms with E-state index < -0.39 is 12.0 Å². The van der Waals surface area contributed by atoms with Crippen molar-refractivity contribution in [2.45, 2.75) is 13.0 Å². The molecule has 0 radical (unpaired) electrons. The quantitative estimate of drug-likeness (QED) is 0.288. The second-order valence-electron chi connectivity index (χ2n) is 9.16. The van der Waals surface area contributed by atoms with Gasteiger partial charge in [0.1, 0.15) is 5.56 Å². The normalized spacial score (nSPS) is 11.4. The summed E-state index contributed by atoms with van der Waals surface area (Å²) in [7, 11) is 1.83. The lowest BCUT2D eigenvalue weighted by molar-refractivity contribution is 0.100. The first-order chi connectivity index (χ1) is 19.7. The molecule has 0 saturated carbocycles. The van der Waals surface area contributed by atoms with E-state index in [-0.39, 0.29) is 16.9 Å². The molecule has 5 N–H and O–H groups in total. The Labute approximate surface area is 234 Å². The molecule has 0 aliphatic rings. The van der Waals surface area contributed by atoms with Crippen LogP contribution in [0.1, 0.15) is 40.2 Å². The minimum absolute atomic E-state index is 0.103. The zero-order chi connectivity index (χ0) is 29.1. The summed E-state index contributed by atoms with van der Waals surface area (Å²) in [5.41, 5.74) is 13.6. The van der Waals surface area contributed by atoms with E-state index >= 15 is 0 Å². The average Bonchev–Trinajstić information content (AvgIpc) is 3.53. The second-order valence-corrected chi connectivity index (χ2v) is 9.16. The topological polar surface area (TPSA) is 159 Å². The number of nitrogen functional groups attached to an aromatic ring is 1. The predicted octanol–water partition coefficient (Wildman–Crippen LogP) is 2.59. The van der Waals surface area contributed by atoms with Crippen molar-refractivity contribution in [3.8, 4) is 17.5 Å². The molecule has 0 aliphatic heterocycles.